The molecule has 0 atom stereocenters. The van der Waals surface area contributed by atoms with E-state index in [0.717, 1.165) is 25.7 Å². The van der Waals surface area contributed by atoms with Crippen molar-refractivity contribution in [2.45, 2.75) is 32.1 Å². The number of anilines is 1. The molecule has 6 nitrogen and oxygen atoms in total. The maximum atomic E-state index is 11.7. The van der Waals surface area contributed by atoms with Crippen molar-refractivity contribution in [1.82, 2.24) is 10.3 Å². The summed E-state index contributed by atoms with van der Waals surface area (Å²) in [4.78, 5) is 26.5. The van der Waals surface area contributed by atoms with Gasteiger partial charge in [0.25, 0.3) is 5.91 Å². The average Bonchev–Trinajstić information content (AvgIpc) is 2.46. The molecule has 1 amide bonds. The number of nitrogens with zero attached hydrogens (tertiary/aromatic N) is 1. The van der Waals surface area contributed by atoms with Crippen molar-refractivity contribution < 1.29 is 14.3 Å². The Balaban J connectivity index is 2.08. The number of rotatable bonds is 8. The molecule has 0 aliphatic carbocycles. The molecule has 1 rings (SSSR count). The van der Waals surface area contributed by atoms with E-state index in [1.54, 1.807) is 12.1 Å². The van der Waals surface area contributed by atoms with Gasteiger partial charge in [-0.15, -0.1) is 0 Å². The van der Waals surface area contributed by atoms with Gasteiger partial charge in [-0.05, 0) is 25.0 Å². The van der Waals surface area contributed by atoms with Crippen molar-refractivity contribution >= 4 is 17.6 Å². The van der Waals surface area contributed by atoms with E-state index in [-0.39, 0.29) is 11.9 Å². The minimum Gasteiger partial charge on any atom is -0.469 e. The third-order valence-corrected chi connectivity index (χ3v) is 2.84. The molecule has 0 saturated carbocycles. The van der Waals surface area contributed by atoms with Gasteiger partial charge in [0.2, 0.25) is 0 Å². The van der Waals surface area contributed by atoms with Gasteiger partial charge in [-0.2, -0.15) is 0 Å². The molecule has 1 heterocycles. The van der Waals surface area contributed by atoms with E-state index in [4.69, 9.17) is 5.73 Å². The summed E-state index contributed by atoms with van der Waals surface area (Å²) >= 11 is 0. The Bertz CT molecular complexity index is 432. The fourth-order valence-electron chi connectivity index (χ4n) is 1.68. The van der Waals surface area contributed by atoms with E-state index >= 15 is 0 Å². The number of nitrogens with one attached hydrogen (secondary N) is 1. The predicted molar refractivity (Wildman–Crippen MR) is 76.1 cm³/mol. The molecule has 0 fully saturated rings. The molecule has 6 heteroatoms. The zero-order valence-electron chi connectivity index (χ0n) is 11.7. The first-order valence-electron chi connectivity index (χ1n) is 6.70. The highest BCUT2D eigenvalue weighted by Gasteiger charge is 2.05. The van der Waals surface area contributed by atoms with Crippen LogP contribution in [0.3, 0.4) is 0 Å². The number of methoxy groups -OCH3 is 1. The number of amides is 1. The van der Waals surface area contributed by atoms with Gasteiger partial charge in [-0.25, -0.2) is 4.98 Å². The van der Waals surface area contributed by atoms with Gasteiger partial charge in [0.15, 0.2) is 0 Å². The summed E-state index contributed by atoms with van der Waals surface area (Å²) in [6.07, 6.45) is 5.53. The predicted octanol–water partition coefficient (Wildman–Crippen LogP) is 1.52. The first kappa shape index (κ1) is 15.9. The van der Waals surface area contributed by atoms with Crippen LogP contribution in [-0.4, -0.2) is 30.5 Å². The van der Waals surface area contributed by atoms with Gasteiger partial charge >= 0.3 is 5.97 Å². The molecular weight excluding hydrogens is 258 g/mol. The summed E-state index contributed by atoms with van der Waals surface area (Å²) in [7, 11) is 1.39. The van der Waals surface area contributed by atoms with E-state index < -0.39 is 0 Å². The Labute approximate surface area is 118 Å². The van der Waals surface area contributed by atoms with Crippen molar-refractivity contribution in [3.8, 4) is 0 Å². The Hall–Kier alpha value is -2.11. The number of hydrogen-bond donors (Lipinski definition) is 2. The maximum Gasteiger partial charge on any atom is 0.305 e. The van der Waals surface area contributed by atoms with Gasteiger partial charge < -0.3 is 15.8 Å². The number of aromatic nitrogens is 1. The summed E-state index contributed by atoms with van der Waals surface area (Å²) < 4.78 is 4.55. The van der Waals surface area contributed by atoms with Crippen LogP contribution in [0.25, 0.3) is 0 Å². The number of carbonyl (C=O) groups is 2. The SMILES string of the molecule is COC(=O)CCCCCCNC(=O)c1ccc(N)cn1. The molecular formula is C14H21N3O3. The highest BCUT2D eigenvalue weighted by molar-refractivity contribution is 5.92. The zero-order chi connectivity index (χ0) is 14.8. The molecule has 20 heavy (non-hydrogen) atoms. The van der Waals surface area contributed by atoms with Crippen LogP contribution in [-0.2, 0) is 9.53 Å². The fraction of sp³-hybridized carbons (Fsp3) is 0.500. The topological polar surface area (TPSA) is 94.3 Å². The molecule has 0 saturated heterocycles. The summed E-state index contributed by atoms with van der Waals surface area (Å²) in [5, 5.41) is 2.80. The van der Waals surface area contributed by atoms with Crippen LogP contribution in [0, 0.1) is 0 Å². The number of esters is 1. The molecule has 0 spiro atoms. The third-order valence-electron chi connectivity index (χ3n) is 2.84. The van der Waals surface area contributed by atoms with Crippen molar-refractivity contribution in [2.75, 3.05) is 19.4 Å². The van der Waals surface area contributed by atoms with E-state index in [9.17, 15) is 9.59 Å². The number of carbonyl (C=O) groups excluding carboxylic acids is 2. The number of nitrogen functional groups attached to an aromatic ring is 1. The number of nitrogens with two attached hydrogens (primary N) is 1. The number of unbranched alkanes of at least 4 members (excludes halogenated alkanes) is 3. The molecule has 0 aliphatic heterocycles. The normalized spacial score (nSPS) is 10.1. The van der Waals surface area contributed by atoms with Gasteiger partial charge in [0, 0.05) is 13.0 Å². The van der Waals surface area contributed by atoms with Gasteiger partial charge in [0.05, 0.1) is 19.0 Å². The molecule has 0 radical (unpaired) electrons. The standard InChI is InChI=1S/C14H21N3O3/c1-20-13(18)6-4-2-3-5-9-16-14(19)12-8-7-11(15)10-17-12/h7-8,10H,2-6,9,15H2,1H3,(H,16,19). The number of pyridine rings is 1. The second kappa shape index (κ2) is 8.90. The highest BCUT2D eigenvalue weighted by Crippen LogP contribution is 2.04. The van der Waals surface area contributed by atoms with E-state index in [0.29, 0.717) is 24.3 Å². The molecule has 0 unspecified atom stereocenters. The lowest BCUT2D eigenvalue weighted by molar-refractivity contribution is -0.140. The summed E-state index contributed by atoms with van der Waals surface area (Å²) in [6.45, 7) is 0.600. The second-order valence-electron chi connectivity index (χ2n) is 4.47. The second-order valence-corrected chi connectivity index (χ2v) is 4.47. The first-order valence-corrected chi connectivity index (χ1v) is 6.70. The van der Waals surface area contributed by atoms with Crippen LogP contribution in [0.4, 0.5) is 5.69 Å². The van der Waals surface area contributed by atoms with Crippen molar-refractivity contribution in [2.24, 2.45) is 0 Å². The fourth-order valence-corrected chi connectivity index (χ4v) is 1.68. The molecule has 0 aromatic carbocycles. The molecule has 0 aliphatic rings. The van der Waals surface area contributed by atoms with Gasteiger partial charge in [-0.3, -0.25) is 9.59 Å². The van der Waals surface area contributed by atoms with E-state index in [1.807, 2.05) is 0 Å². The minimum atomic E-state index is -0.195. The highest BCUT2D eigenvalue weighted by atomic mass is 16.5. The van der Waals surface area contributed by atoms with Crippen LogP contribution in [0.15, 0.2) is 18.3 Å². The molecule has 110 valence electrons. The average molecular weight is 279 g/mol. The lowest BCUT2D eigenvalue weighted by Crippen LogP contribution is -2.25. The quantitative estimate of drug-likeness (QED) is 0.555. The largest absolute Gasteiger partial charge is 0.469 e. The van der Waals surface area contributed by atoms with Crippen LogP contribution in [0.1, 0.15) is 42.6 Å². The molecule has 1 aromatic heterocycles. The number of ether oxygens (including phenoxy) is 1. The zero-order valence-corrected chi connectivity index (χ0v) is 11.7. The lowest BCUT2D eigenvalue weighted by Gasteiger charge is -2.05. The van der Waals surface area contributed by atoms with Gasteiger partial charge in [0.1, 0.15) is 5.69 Å². The van der Waals surface area contributed by atoms with E-state index in [1.165, 1.54) is 13.3 Å². The maximum absolute atomic E-state index is 11.7. The molecule has 3 N–H and O–H groups in total. The monoisotopic (exact) mass is 279 g/mol. The van der Waals surface area contributed by atoms with Crippen molar-refractivity contribution in [1.29, 1.82) is 0 Å². The van der Waals surface area contributed by atoms with Crippen LogP contribution in [0.5, 0.6) is 0 Å². The summed E-state index contributed by atoms with van der Waals surface area (Å²) in [5.41, 5.74) is 6.40. The van der Waals surface area contributed by atoms with Crippen LogP contribution >= 0.6 is 0 Å². The molecule has 0 bridgehead atoms. The molecule has 1 aromatic rings. The Morgan fingerprint density at radius 1 is 1.25 bits per heavy atom. The van der Waals surface area contributed by atoms with Crippen molar-refractivity contribution in [3.63, 3.8) is 0 Å². The number of hydrogen-bond acceptors (Lipinski definition) is 5. The summed E-state index contributed by atoms with van der Waals surface area (Å²) in [6, 6.07) is 3.25. The van der Waals surface area contributed by atoms with Crippen LogP contribution < -0.4 is 11.1 Å². The Morgan fingerprint density at radius 3 is 2.65 bits per heavy atom. The smallest absolute Gasteiger partial charge is 0.305 e. The van der Waals surface area contributed by atoms with Crippen LogP contribution in [0.2, 0.25) is 0 Å². The van der Waals surface area contributed by atoms with E-state index in [2.05, 4.69) is 15.0 Å². The Morgan fingerprint density at radius 2 is 2.00 bits per heavy atom. The van der Waals surface area contributed by atoms with Crippen molar-refractivity contribution in [3.05, 3.63) is 24.0 Å². The lowest BCUT2D eigenvalue weighted by atomic mass is 10.1. The van der Waals surface area contributed by atoms with Gasteiger partial charge in [-0.1, -0.05) is 12.8 Å². The Kier molecular flexibility index (Phi) is 7.10. The summed E-state index contributed by atoms with van der Waals surface area (Å²) in [5.74, 6) is -0.368. The third kappa shape index (κ3) is 6.17. The first-order chi connectivity index (χ1) is 9.63. The minimum absolute atomic E-state index is 0.173.